The zero-order valence-electron chi connectivity index (χ0n) is 36.5. The van der Waals surface area contributed by atoms with Gasteiger partial charge in [0.1, 0.15) is 19.8 Å². The van der Waals surface area contributed by atoms with Crippen LogP contribution in [0.1, 0.15) is 149 Å². The molecule has 0 aromatic carbocycles. The highest BCUT2D eigenvalue weighted by Crippen LogP contribution is 2.38. The van der Waals surface area contributed by atoms with Crippen molar-refractivity contribution in [3.8, 4) is 0 Å². The van der Waals surface area contributed by atoms with Crippen LogP contribution in [0.25, 0.3) is 0 Å². The number of nitrogens with zero attached hydrogens (tertiary/aromatic N) is 1. The van der Waals surface area contributed by atoms with Crippen molar-refractivity contribution in [2.75, 3.05) is 47.5 Å². The van der Waals surface area contributed by atoms with Gasteiger partial charge in [0, 0.05) is 12.8 Å². The molecule has 326 valence electrons. The van der Waals surface area contributed by atoms with Gasteiger partial charge in [-0.05, 0) is 70.6 Å². The van der Waals surface area contributed by atoms with Gasteiger partial charge in [-0.15, -0.1) is 0 Å². The number of unbranched alkanes of at least 4 members (excludes halogenated alkanes) is 10. The normalized spacial score (nSPS) is 14.4. The molecular formula is C47H80NO8P. The Kier molecular flexibility index (Phi) is 36.8. The molecule has 0 heterocycles. The summed E-state index contributed by atoms with van der Waals surface area (Å²) in [7, 11) is 1.13. The molecular weight excluding hydrogens is 737 g/mol. The van der Waals surface area contributed by atoms with Gasteiger partial charge < -0.3 is 27.9 Å². The number of carbonyl (C=O) groups is 2. The number of hydrogen-bond donors (Lipinski definition) is 0. The molecule has 2 atom stereocenters. The summed E-state index contributed by atoms with van der Waals surface area (Å²) in [5.41, 5.74) is 0. The first-order chi connectivity index (χ1) is 27.5. The standard InChI is InChI=1S/C47H80NO8P/c1-6-8-10-12-14-15-16-17-18-19-20-21-22-23-24-25-26-27-28-29-30-31-32-33-34-36-38-40-47(50)56-45(43-53-46(49)39-37-35-13-11-9-7-2)44-55-57(51,52)54-42-41-48(3,4)5/h8,10,14-15,17-18,20-21,23-24,26-27,29-30,45H,6-7,9,11-13,16,19,22,25,28,31-44H2,1-5H3/b10-8-,15-14-,18-17-,21-20-,24-23-,27-26-,30-29-. The van der Waals surface area contributed by atoms with E-state index in [9.17, 15) is 19.0 Å². The minimum Gasteiger partial charge on any atom is -0.756 e. The molecule has 0 aliphatic heterocycles. The number of rotatable bonds is 38. The van der Waals surface area contributed by atoms with Crippen molar-refractivity contribution in [1.82, 2.24) is 0 Å². The van der Waals surface area contributed by atoms with Gasteiger partial charge in [-0.25, -0.2) is 0 Å². The Morgan fingerprint density at radius 3 is 1.49 bits per heavy atom. The maximum Gasteiger partial charge on any atom is 0.306 e. The third-order valence-corrected chi connectivity index (χ3v) is 9.64. The Hall–Kier alpha value is -2.81. The highest BCUT2D eigenvalue weighted by atomic mass is 31.2. The summed E-state index contributed by atoms with van der Waals surface area (Å²) < 4.78 is 33.7. The lowest BCUT2D eigenvalue weighted by Gasteiger charge is -2.28. The Bertz CT molecular complexity index is 1240. The molecule has 0 aliphatic rings. The zero-order valence-corrected chi connectivity index (χ0v) is 37.4. The van der Waals surface area contributed by atoms with Crippen LogP contribution in [0.3, 0.4) is 0 Å². The number of allylic oxidation sites excluding steroid dienone is 14. The van der Waals surface area contributed by atoms with E-state index in [-0.39, 0.29) is 26.1 Å². The first kappa shape index (κ1) is 54.2. The van der Waals surface area contributed by atoms with Gasteiger partial charge in [-0.1, -0.05) is 150 Å². The predicted octanol–water partition coefficient (Wildman–Crippen LogP) is 11.8. The van der Waals surface area contributed by atoms with Crippen molar-refractivity contribution in [3.63, 3.8) is 0 Å². The molecule has 0 spiro atoms. The van der Waals surface area contributed by atoms with Crippen molar-refractivity contribution in [2.45, 2.75) is 155 Å². The molecule has 0 amide bonds. The summed E-state index contributed by atoms with van der Waals surface area (Å²) in [5, 5.41) is 0. The smallest absolute Gasteiger partial charge is 0.306 e. The lowest BCUT2D eigenvalue weighted by molar-refractivity contribution is -0.870. The van der Waals surface area contributed by atoms with E-state index in [0.29, 0.717) is 17.4 Å². The maximum atomic E-state index is 12.6. The van der Waals surface area contributed by atoms with Gasteiger partial charge >= 0.3 is 11.9 Å². The minimum atomic E-state index is -4.63. The quantitative estimate of drug-likeness (QED) is 0.0199. The summed E-state index contributed by atoms with van der Waals surface area (Å²) in [4.78, 5) is 37.2. The fraction of sp³-hybridized carbons (Fsp3) is 0.660. The van der Waals surface area contributed by atoms with Gasteiger partial charge in [-0.2, -0.15) is 0 Å². The van der Waals surface area contributed by atoms with E-state index in [1.807, 2.05) is 21.1 Å². The average molecular weight is 818 g/mol. The molecule has 0 aromatic heterocycles. The molecule has 2 unspecified atom stereocenters. The molecule has 0 radical (unpaired) electrons. The van der Waals surface area contributed by atoms with E-state index in [0.717, 1.165) is 109 Å². The van der Waals surface area contributed by atoms with Crippen LogP contribution in [-0.2, 0) is 32.7 Å². The van der Waals surface area contributed by atoms with E-state index >= 15 is 0 Å². The minimum absolute atomic E-state index is 0.0391. The van der Waals surface area contributed by atoms with Crippen molar-refractivity contribution >= 4 is 19.8 Å². The van der Waals surface area contributed by atoms with E-state index < -0.39 is 32.5 Å². The fourth-order valence-electron chi connectivity index (χ4n) is 5.28. The summed E-state index contributed by atoms with van der Waals surface area (Å²) in [6, 6.07) is 0. The molecule has 0 N–H and O–H groups in total. The van der Waals surface area contributed by atoms with Crippen LogP contribution in [0.5, 0.6) is 0 Å². The molecule has 57 heavy (non-hydrogen) atoms. The third-order valence-electron chi connectivity index (χ3n) is 8.68. The highest BCUT2D eigenvalue weighted by molar-refractivity contribution is 7.45. The zero-order chi connectivity index (χ0) is 42.1. The van der Waals surface area contributed by atoms with E-state index in [1.54, 1.807) is 0 Å². The Labute approximate surface area is 348 Å². The monoisotopic (exact) mass is 818 g/mol. The number of likely N-dealkylation sites (N-methyl/N-ethyl adjacent to an activating group) is 1. The first-order valence-corrected chi connectivity index (χ1v) is 23.3. The van der Waals surface area contributed by atoms with Crippen LogP contribution in [-0.4, -0.2) is 70.0 Å². The van der Waals surface area contributed by atoms with Crippen LogP contribution in [0.15, 0.2) is 85.1 Å². The number of hydrogen-bond acceptors (Lipinski definition) is 8. The molecule has 0 fully saturated rings. The third kappa shape index (κ3) is 42.6. The molecule has 10 heteroatoms. The molecule has 0 rings (SSSR count). The summed E-state index contributed by atoms with van der Waals surface area (Å²) in [5.74, 6) is -0.876. The Balaban J connectivity index is 4.23. The van der Waals surface area contributed by atoms with Gasteiger partial charge in [0.15, 0.2) is 6.10 Å². The number of esters is 2. The summed E-state index contributed by atoms with van der Waals surface area (Å²) >= 11 is 0. The Morgan fingerprint density at radius 2 is 1.00 bits per heavy atom. The lowest BCUT2D eigenvalue weighted by Crippen LogP contribution is -2.37. The van der Waals surface area contributed by atoms with Gasteiger partial charge in [-0.3, -0.25) is 14.2 Å². The Morgan fingerprint density at radius 1 is 0.561 bits per heavy atom. The van der Waals surface area contributed by atoms with Crippen LogP contribution in [0, 0.1) is 0 Å². The van der Waals surface area contributed by atoms with Crippen molar-refractivity contribution < 1.29 is 42.1 Å². The van der Waals surface area contributed by atoms with Crippen LogP contribution >= 0.6 is 7.82 Å². The molecule has 0 saturated carbocycles. The maximum absolute atomic E-state index is 12.6. The van der Waals surface area contributed by atoms with Crippen molar-refractivity contribution in [3.05, 3.63) is 85.1 Å². The molecule has 0 aliphatic carbocycles. The number of phosphoric ester groups is 1. The second kappa shape index (κ2) is 38.7. The van der Waals surface area contributed by atoms with Crippen molar-refractivity contribution in [2.24, 2.45) is 0 Å². The largest absolute Gasteiger partial charge is 0.756 e. The number of carbonyl (C=O) groups excluding carboxylic acids is 2. The van der Waals surface area contributed by atoms with Gasteiger partial charge in [0.05, 0.1) is 27.7 Å². The number of quaternary nitrogens is 1. The number of phosphoric acid groups is 1. The van der Waals surface area contributed by atoms with Crippen LogP contribution in [0.4, 0.5) is 0 Å². The van der Waals surface area contributed by atoms with E-state index in [1.165, 1.54) is 6.42 Å². The second-order valence-corrected chi connectivity index (χ2v) is 16.7. The summed E-state index contributed by atoms with van der Waals surface area (Å²) in [6.45, 7) is 3.99. The molecule has 0 aromatic rings. The van der Waals surface area contributed by atoms with Crippen LogP contribution in [0.2, 0.25) is 0 Å². The molecule has 9 nitrogen and oxygen atoms in total. The van der Waals surface area contributed by atoms with E-state index in [4.69, 9.17) is 18.5 Å². The van der Waals surface area contributed by atoms with E-state index in [2.05, 4.69) is 98.9 Å². The SMILES string of the molecule is CC/C=C\C/C=C\C/C=C\C/C=C\C/C=C\C/C=C\C/C=C\CCCCCCCC(=O)OC(COC(=O)CCCCCCCC)COP(=O)([O-])OCC[N+](C)(C)C. The molecule has 0 saturated heterocycles. The fourth-order valence-corrected chi connectivity index (χ4v) is 6.01. The van der Waals surface area contributed by atoms with Gasteiger partial charge in [0.25, 0.3) is 7.82 Å². The highest BCUT2D eigenvalue weighted by Gasteiger charge is 2.21. The second-order valence-electron chi connectivity index (χ2n) is 15.3. The lowest BCUT2D eigenvalue weighted by atomic mass is 10.1. The predicted molar refractivity (Wildman–Crippen MR) is 236 cm³/mol. The molecule has 0 bridgehead atoms. The summed E-state index contributed by atoms with van der Waals surface area (Å²) in [6.07, 6.45) is 49.3. The van der Waals surface area contributed by atoms with Crippen molar-refractivity contribution in [1.29, 1.82) is 0 Å². The average Bonchev–Trinajstić information content (AvgIpc) is 3.16. The van der Waals surface area contributed by atoms with Gasteiger partial charge in [0.2, 0.25) is 0 Å². The topological polar surface area (TPSA) is 111 Å². The number of ether oxygens (including phenoxy) is 2. The first-order valence-electron chi connectivity index (χ1n) is 21.8. The van der Waals surface area contributed by atoms with Crippen LogP contribution < -0.4 is 4.89 Å².